The Morgan fingerprint density at radius 3 is 2.22 bits per heavy atom. The molecule has 1 aromatic heterocycles. The lowest BCUT2D eigenvalue weighted by Crippen LogP contribution is -2.48. The van der Waals surface area contributed by atoms with Crippen LogP contribution in [0.4, 0.5) is 0 Å². The van der Waals surface area contributed by atoms with Crippen molar-refractivity contribution in [1.29, 1.82) is 0 Å². The zero-order valence-corrected chi connectivity index (χ0v) is 30.5. The van der Waals surface area contributed by atoms with E-state index in [0.717, 1.165) is 82.3 Å². The number of rotatable bonds is 20. The van der Waals surface area contributed by atoms with E-state index in [1.165, 1.54) is 26.1 Å². The molecule has 6 heteroatoms. The van der Waals surface area contributed by atoms with Crippen molar-refractivity contribution in [1.82, 2.24) is 0 Å². The molecule has 1 fully saturated rings. The number of fused-ring (bicyclic) bond motifs is 1. The second-order valence-electron chi connectivity index (χ2n) is 13.5. The van der Waals surface area contributed by atoms with E-state index in [1.807, 2.05) is 11.3 Å². The molecule has 0 N–H and O–H groups in total. The van der Waals surface area contributed by atoms with E-state index in [1.54, 1.807) is 0 Å². The Balaban J connectivity index is 1.79. The van der Waals surface area contributed by atoms with Crippen LogP contribution in [0.15, 0.2) is 42.5 Å². The van der Waals surface area contributed by atoms with Crippen LogP contribution in [0.3, 0.4) is 0 Å². The quantitative estimate of drug-likeness (QED) is 0.114. The van der Waals surface area contributed by atoms with E-state index >= 15 is 0 Å². The molecular weight excluding hydrogens is 593 g/mol. The van der Waals surface area contributed by atoms with Crippen molar-refractivity contribution in [3.63, 3.8) is 0 Å². The van der Waals surface area contributed by atoms with E-state index in [-0.39, 0.29) is 29.8 Å². The van der Waals surface area contributed by atoms with Gasteiger partial charge in [-0.1, -0.05) is 85.4 Å². The lowest BCUT2D eigenvalue weighted by Gasteiger charge is -2.42. The van der Waals surface area contributed by atoms with Crippen LogP contribution in [-0.2, 0) is 24.4 Å². The van der Waals surface area contributed by atoms with Crippen molar-refractivity contribution in [3.05, 3.63) is 64.0 Å². The molecule has 256 valence electrons. The van der Waals surface area contributed by atoms with Crippen LogP contribution >= 0.6 is 11.3 Å². The third-order valence-electron chi connectivity index (χ3n) is 9.22. The Kier molecular flexibility index (Phi) is 14.9. The summed E-state index contributed by atoms with van der Waals surface area (Å²) in [6, 6.07) is 15.7. The van der Waals surface area contributed by atoms with Gasteiger partial charge in [-0.3, -0.25) is 0 Å². The first-order valence-corrected chi connectivity index (χ1v) is 18.9. The second-order valence-corrected chi connectivity index (χ2v) is 14.6. The third kappa shape index (κ3) is 9.56. The standard InChI is InChI=1S/C40H60O5S/c1-8-12-20-41-28-31-26-35(43-22-14-10-3)39(44-23-15-11-4)38(45-31)32-27-33(29(5)24-34(32)42-21-13-9-2)40(6,7)37-25-30-18-16-17-19-36(30)46-37/h16-19,24-25,27,31,35,38-39H,8-15,20-23,26,28H2,1-7H3/t31-,35-,38-,39+/m0/s1. The molecule has 0 unspecified atom stereocenters. The summed E-state index contributed by atoms with van der Waals surface area (Å²) in [5, 5.41) is 1.30. The van der Waals surface area contributed by atoms with Gasteiger partial charge >= 0.3 is 0 Å². The Morgan fingerprint density at radius 1 is 0.826 bits per heavy atom. The highest BCUT2D eigenvalue weighted by molar-refractivity contribution is 7.19. The first-order chi connectivity index (χ1) is 22.3. The summed E-state index contributed by atoms with van der Waals surface area (Å²) in [6.45, 7) is 19.1. The molecule has 1 aliphatic rings. The predicted molar refractivity (Wildman–Crippen MR) is 193 cm³/mol. The van der Waals surface area contributed by atoms with Crippen molar-refractivity contribution < 1.29 is 23.7 Å². The minimum Gasteiger partial charge on any atom is -0.493 e. The van der Waals surface area contributed by atoms with Crippen molar-refractivity contribution in [2.45, 2.75) is 136 Å². The van der Waals surface area contributed by atoms with Crippen LogP contribution in [-0.4, -0.2) is 51.3 Å². The first kappa shape index (κ1) is 36.9. The van der Waals surface area contributed by atoms with E-state index in [4.69, 9.17) is 23.7 Å². The molecule has 2 aromatic carbocycles. The average Bonchev–Trinajstić information content (AvgIpc) is 3.50. The molecule has 4 atom stereocenters. The fourth-order valence-corrected chi connectivity index (χ4v) is 7.50. The molecular formula is C40H60O5S. The molecule has 0 amide bonds. The van der Waals surface area contributed by atoms with Crippen molar-refractivity contribution in [2.24, 2.45) is 0 Å². The van der Waals surface area contributed by atoms with Crippen molar-refractivity contribution >= 4 is 21.4 Å². The molecule has 0 spiro atoms. The Morgan fingerprint density at radius 2 is 1.50 bits per heavy atom. The summed E-state index contributed by atoms with van der Waals surface area (Å²) in [6.07, 6.45) is 8.52. The molecule has 5 nitrogen and oxygen atoms in total. The zero-order chi connectivity index (χ0) is 32.9. The lowest BCUT2D eigenvalue weighted by molar-refractivity contribution is -0.213. The maximum absolute atomic E-state index is 7.03. The maximum Gasteiger partial charge on any atom is 0.125 e. The largest absolute Gasteiger partial charge is 0.493 e. The van der Waals surface area contributed by atoms with Gasteiger partial charge in [0.1, 0.15) is 18.0 Å². The number of aryl methyl sites for hydroxylation is 1. The molecule has 0 saturated carbocycles. The number of hydrogen-bond acceptors (Lipinski definition) is 6. The molecule has 3 aromatic rings. The number of thiophene rings is 1. The van der Waals surface area contributed by atoms with E-state index < -0.39 is 0 Å². The maximum atomic E-state index is 7.03. The van der Waals surface area contributed by atoms with Gasteiger partial charge in [-0.25, -0.2) is 0 Å². The van der Waals surface area contributed by atoms with E-state index in [2.05, 4.69) is 90.9 Å². The molecule has 0 bridgehead atoms. The van der Waals surface area contributed by atoms with Gasteiger partial charge in [0.2, 0.25) is 0 Å². The minimum atomic E-state index is -0.328. The van der Waals surface area contributed by atoms with Crippen LogP contribution in [0.25, 0.3) is 10.1 Å². The van der Waals surface area contributed by atoms with E-state index in [0.29, 0.717) is 19.8 Å². The summed E-state index contributed by atoms with van der Waals surface area (Å²) in [5.74, 6) is 0.899. The summed E-state index contributed by atoms with van der Waals surface area (Å²) in [7, 11) is 0. The molecule has 46 heavy (non-hydrogen) atoms. The van der Waals surface area contributed by atoms with Crippen molar-refractivity contribution in [3.8, 4) is 5.75 Å². The molecule has 2 heterocycles. The monoisotopic (exact) mass is 652 g/mol. The van der Waals surface area contributed by atoms with Gasteiger partial charge in [-0.15, -0.1) is 11.3 Å². The SMILES string of the molecule is CCCCOC[C@@H]1C[C@H](OCCCC)[C@@H](OCCCC)[C@H](c2cc(C(C)(C)c3cc4ccccc4s3)c(C)cc2OCCCC)O1. The van der Waals surface area contributed by atoms with Crippen LogP contribution in [0, 0.1) is 6.92 Å². The van der Waals surface area contributed by atoms with Gasteiger partial charge in [0.25, 0.3) is 0 Å². The third-order valence-corrected chi connectivity index (χ3v) is 10.7. The normalized spacial score (nSPS) is 20.4. The predicted octanol–water partition coefficient (Wildman–Crippen LogP) is 10.7. The average molecular weight is 653 g/mol. The molecule has 0 aliphatic carbocycles. The highest BCUT2D eigenvalue weighted by Crippen LogP contribution is 2.45. The van der Waals surface area contributed by atoms with Gasteiger partial charge in [0.05, 0.1) is 25.4 Å². The fourth-order valence-electron chi connectivity index (χ4n) is 6.32. The Hall–Kier alpha value is -1.96. The summed E-state index contributed by atoms with van der Waals surface area (Å²) < 4.78 is 34.5. The smallest absolute Gasteiger partial charge is 0.125 e. The molecule has 0 radical (unpaired) electrons. The highest BCUT2D eigenvalue weighted by Gasteiger charge is 2.43. The van der Waals surface area contributed by atoms with Gasteiger partial charge in [0.15, 0.2) is 0 Å². The second kappa shape index (κ2) is 18.5. The number of unbranched alkanes of at least 4 members (excludes halogenated alkanes) is 4. The first-order valence-electron chi connectivity index (χ1n) is 18.1. The fraction of sp³-hybridized carbons (Fsp3) is 0.650. The van der Waals surface area contributed by atoms with Crippen molar-refractivity contribution in [2.75, 3.05) is 33.0 Å². The van der Waals surface area contributed by atoms with Gasteiger partial charge in [0, 0.05) is 46.8 Å². The Bertz CT molecular complexity index is 1280. The van der Waals surface area contributed by atoms with E-state index in [9.17, 15) is 0 Å². The summed E-state index contributed by atoms with van der Waals surface area (Å²) in [4.78, 5) is 1.35. The Labute approximate surface area is 283 Å². The molecule has 1 aliphatic heterocycles. The zero-order valence-electron chi connectivity index (χ0n) is 29.7. The molecule has 1 saturated heterocycles. The number of ether oxygens (including phenoxy) is 5. The highest BCUT2D eigenvalue weighted by atomic mass is 32.1. The van der Waals surface area contributed by atoms with Crippen LogP contribution < -0.4 is 4.74 Å². The topological polar surface area (TPSA) is 46.2 Å². The minimum absolute atomic E-state index is 0.0780. The lowest BCUT2D eigenvalue weighted by atomic mass is 9.78. The van der Waals surface area contributed by atoms with Crippen LogP contribution in [0.5, 0.6) is 5.75 Å². The molecule has 4 rings (SSSR count). The van der Waals surface area contributed by atoms with Gasteiger partial charge in [-0.2, -0.15) is 0 Å². The van der Waals surface area contributed by atoms with Crippen LogP contribution in [0.1, 0.15) is 127 Å². The number of benzene rings is 2. The number of hydrogen-bond donors (Lipinski definition) is 0. The van der Waals surface area contributed by atoms with Crippen LogP contribution in [0.2, 0.25) is 0 Å². The van der Waals surface area contributed by atoms with Gasteiger partial charge < -0.3 is 23.7 Å². The summed E-state index contributed by atoms with van der Waals surface area (Å²) >= 11 is 1.89. The van der Waals surface area contributed by atoms with Gasteiger partial charge in [-0.05, 0) is 73.4 Å². The summed E-state index contributed by atoms with van der Waals surface area (Å²) in [5.41, 5.74) is 3.37.